The SMILES string of the molecule is CC1=CC2C3C(C=C(CO)CC2(O)C1=O)C1C(C[C@H]3C)C1(C)C.[Pd]. The molecule has 2 N–H and O–H groups in total. The maximum atomic E-state index is 12.6. The molecule has 2 fully saturated rings. The second-order valence-corrected chi connectivity index (χ2v) is 9.11. The van der Waals surface area contributed by atoms with E-state index in [4.69, 9.17) is 0 Å². The second kappa shape index (κ2) is 5.61. The van der Waals surface area contributed by atoms with E-state index in [1.807, 2.05) is 13.0 Å². The molecule has 7 atom stereocenters. The Morgan fingerprint density at radius 2 is 1.96 bits per heavy atom. The van der Waals surface area contributed by atoms with E-state index in [0.29, 0.717) is 41.1 Å². The molecule has 3 nitrogen and oxygen atoms in total. The van der Waals surface area contributed by atoms with E-state index in [-0.39, 0.29) is 38.7 Å². The third kappa shape index (κ3) is 2.23. The average molecular weight is 423 g/mol. The van der Waals surface area contributed by atoms with E-state index in [2.05, 4.69) is 26.8 Å². The molecular formula is C20H28O3Pd. The van der Waals surface area contributed by atoms with Gasteiger partial charge < -0.3 is 10.2 Å². The molecule has 0 aromatic rings. The summed E-state index contributed by atoms with van der Waals surface area (Å²) in [4.78, 5) is 12.6. The summed E-state index contributed by atoms with van der Waals surface area (Å²) in [5, 5.41) is 21.0. The van der Waals surface area contributed by atoms with Crippen molar-refractivity contribution >= 4 is 5.78 Å². The molecule has 4 aliphatic carbocycles. The molecule has 0 radical (unpaired) electrons. The predicted octanol–water partition coefficient (Wildman–Crippen LogP) is 2.73. The third-order valence-corrected chi connectivity index (χ3v) is 7.56. The van der Waals surface area contributed by atoms with Crippen LogP contribution >= 0.6 is 0 Å². The first-order valence-corrected chi connectivity index (χ1v) is 8.98. The van der Waals surface area contributed by atoms with Crippen LogP contribution in [0.25, 0.3) is 0 Å². The molecule has 4 heteroatoms. The molecule has 24 heavy (non-hydrogen) atoms. The first kappa shape index (κ1) is 18.5. The molecular weight excluding hydrogens is 395 g/mol. The van der Waals surface area contributed by atoms with Gasteiger partial charge in [0.1, 0.15) is 5.60 Å². The summed E-state index contributed by atoms with van der Waals surface area (Å²) in [5.74, 6) is 2.28. The number of rotatable bonds is 1. The van der Waals surface area contributed by atoms with Crippen LogP contribution in [0.1, 0.15) is 40.5 Å². The third-order valence-electron chi connectivity index (χ3n) is 7.56. The van der Waals surface area contributed by atoms with Gasteiger partial charge in [-0.15, -0.1) is 0 Å². The van der Waals surface area contributed by atoms with Crippen molar-refractivity contribution in [3.8, 4) is 0 Å². The Labute approximate surface area is 158 Å². The molecule has 0 saturated heterocycles. The van der Waals surface area contributed by atoms with Crippen LogP contribution in [0.5, 0.6) is 0 Å². The summed E-state index contributed by atoms with van der Waals surface area (Å²) in [6, 6.07) is 0. The van der Waals surface area contributed by atoms with Crippen molar-refractivity contribution in [3.63, 3.8) is 0 Å². The predicted molar refractivity (Wildman–Crippen MR) is 88.5 cm³/mol. The van der Waals surface area contributed by atoms with Gasteiger partial charge in [-0.25, -0.2) is 0 Å². The summed E-state index contributed by atoms with van der Waals surface area (Å²) in [6.45, 7) is 8.75. The molecule has 4 aliphatic rings. The summed E-state index contributed by atoms with van der Waals surface area (Å²) < 4.78 is 0. The molecule has 136 valence electrons. The summed E-state index contributed by atoms with van der Waals surface area (Å²) in [5.41, 5.74) is 0.545. The van der Waals surface area contributed by atoms with Gasteiger partial charge in [-0.3, -0.25) is 4.79 Å². The fourth-order valence-electron chi connectivity index (χ4n) is 6.37. The van der Waals surface area contributed by atoms with Crippen LogP contribution in [0.3, 0.4) is 0 Å². The van der Waals surface area contributed by atoms with Crippen LogP contribution < -0.4 is 0 Å². The van der Waals surface area contributed by atoms with Crippen LogP contribution in [0.4, 0.5) is 0 Å². The number of allylic oxidation sites excluding steroid dienone is 1. The van der Waals surface area contributed by atoms with Gasteiger partial charge in [0.25, 0.3) is 0 Å². The van der Waals surface area contributed by atoms with Crippen molar-refractivity contribution in [3.05, 3.63) is 23.3 Å². The minimum atomic E-state index is -1.34. The van der Waals surface area contributed by atoms with E-state index >= 15 is 0 Å². The Morgan fingerprint density at radius 3 is 2.58 bits per heavy atom. The largest absolute Gasteiger partial charge is 0.392 e. The fraction of sp³-hybridized carbons (Fsp3) is 0.750. The number of carbonyl (C=O) groups excluding carboxylic acids is 1. The van der Waals surface area contributed by atoms with Crippen molar-refractivity contribution in [1.29, 1.82) is 0 Å². The molecule has 0 bridgehead atoms. The minimum Gasteiger partial charge on any atom is -0.392 e. The van der Waals surface area contributed by atoms with Crippen molar-refractivity contribution in [1.82, 2.24) is 0 Å². The van der Waals surface area contributed by atoms with Crippen LogP contribution in [0, 0.1) is 40.9 Å². The van der Waals surface area contributed by atoms with E-state index in [1.54, 1.807) is 0 Å². The van der Waals surface area contributed by atoms with Gasteiger partial charge in [0.15, 0.2) is 5.78 Å². The zero-order valence-corrected chi connectivity index (χ0v) is 16.4. The molecule has 0 spiro atoms. The Morgan fingerprint density at radius 1 is 1.29 bits per heavy atom. The first-order chi connectivity index (χ1) is 10.7. The first-order valence-electron chi connectivity index (χ1n) is 8.98. The Balaban J connectivity index is 0.00000169. The summed E-state index contributed by atoms with van der Waals surface area (Å²) in [7, 11) is 0. The maximum Gasteiger partial charge on any atom is 0.190 e. The number of aliphatic hydroxyl groups excluding tert-OH is 1. The monoisotopic (exact) mass is 422 g/mol. The normalized spacial score (nSPS) is 48.2. The van der Waals surface area contributed by atoms with Gasteiger partial charge in [0, 0.05) is 32.8 Å². The van der Waals surface area contributed by atoms with Gasteiger partial charge in [0.2, 0.25) is 0 Å². The van der Waals surface area contributed by atoms with Gasteiger partial charge >= 0.3 is 0 Å². The summed E-state index contributed by atoms with van der Waals surface area (Å²) in [6.07, 6.45) is 5.73. The number of Topliss-reactive ketones (excluding diaryl/α,β-unsaturated/α-hetero) is 1. The van der Waals surface area contributed by atoms with Crippen molar-refractivity contribution < 1.29 is 35.4 Å². The zero-order chi connectivity index (χ0) is 16.7. The van der Waals surface area contributed by atoms with Crippen LogP contribution in [0.15, 0.2) is 23.3 Å². The Kier molecular flexibility index (Phi) is 4.33. The molecule has 0 aromatic heterocycles. The molecule has 0 aliphatic heterocycles. The van der Waals surface area contributed by atoms with Gasteiger partial charge in [-0.05, 0) is 59.5 Å². The molecule has 2 saturated carbocycles. The number of carbonyl (C=O) groups is 1. The van der Waals surface area contributed by atoms with Crippen LogP contribution in [-0.2, 0) is 25.2 Å². The number of aliphatic hydroxyl groups is 2. The number of fused-ring (bicyclic) bond motifs is 5. The van der Waals surface area contributed by atoms with E-state index in [1.165, 1.54) is 6.42 Å². The van der Waals surface area contributed by atoms with E-state index < -0.39 is 5.60 Å². The fourth-order valence-corrected chi connectivity index (χ4v) is 6.37. The van der Waals surface area contributed by atoms with E-state index in [0.717, 1.165) is 11.5 Å². The second-order valence-electron chi connectivity index (χ2n) is 9.11. The molecule has 0 heterocycles. The molecule has 0 aromatic carbocycles. The Hall–Kier alpha value is -0.268. The smallest absolute Gasteiger partial charge is 0.190 e. The number of hydrogen-bond acceptors (Lipinski definition) is 3. The average Bonchev–Trinajstić information content (AvgIpc) is 3.00. The van der Waals surface area contributed by atoms with Gasteiger partial charge in [0.05, 0.1) is 6.61 Å². The van der Waals surface area contributed by atoms with Crippen molar-refractivity contribution in [2.45, 2.75) is 46.1 Å². The van der Waals surface area contributed by atoms with Gasteiger partial charge in [-0.2, -0.15) is 0 Å². The van der Waals surface area contributed by atoms with E-state index in [9.17, 15) is 15.0 Å². The molecule has 6 unspecified atom stereocenters. The molecule has 4 rings (SSSR count). The Bertz CT molecular complexity index is 635. The molecule has 0 amide bonds. The standard InChI is InChI=1S/C20H28O3.Pd/c1-10-5-15-17(19(15,3)4)13-7-12(9-21)8-20(23)14(16(10)13)6-11(2)18(20)22;/h6-7,10,13-17,21,23H,5,8-9H2,1-4H3;/t10-,13?,14?,15?,16?,17?,20?;/m1./s1. The quantitative estimate of drug-likeness (QED) is 0.504. The number of ketones is 1. The van der Waals surface area contributed by atoms with Crippen LogP contribution in [0.2, 0.25) is 0 Å². The minimum absolute atomic E-state index is 0. The van der Waals surface area contributed by atoms with Crippen molar-refractivity contribution in [2.75, 3.05) is 6.61 Å². The zero-order valence-electron chi connectivity index (χ0n) is 14.9. The van der Waals surface area contributed by atoms with Crippen molar-refractivity contribution in [2.24, 2.45) is 40.9 Å². The van der Waals surface area contributed by atoms with Gasteiger partial charge in [-0.1, -0.05) is 32.9 Å². The maximum absolute atomic E-state index is 12.6. The van der Waals surface area contributed by atoms with Crippen LogP contribution in [-0.4, -0.2) is 28.2 Å². The summed E-state index contributed by atoms with van der Waals surface area (Å²) >= 11 is 0. The topological polar surface area (TPSA) is 57.5 Å². The number of hydrogen-bond donors (Lipinski definition) is 2.